The van der Waals surface area contributed by atoms with Crippen molar-refractivity contribution in [3.05, 3.63) is 35.4 Å². The number of nitrogens with one attached hydrogen (secondary N) is 1. The first kappa shape index (κ1) is 18.2. The van der Waals surface area contributed by atoms with E-state index < -0.39 is 15.4 Å². The number of benzene rings is 1. The van der Waals surface area contributed by atoms with Crippen molar-refractivity contribution in [2.75, 3.05) is 18.1 Å². The van der Waals surface area contributed by atoms with Gasteiger partial charge in [-0.15, -0.1) is 0 Å². The van der Waals surface area contributed by atoms with Crippen LogP contribution in [0, 0.1) is 11.8 Å². The van der Waals surface area contributed by atoms with Gasteiger partial charge >= 0.3 is 0 Å². The number of sulfone groups is 1. The van der Waals surface area contributed by atoms with E-state index in [0.29, 0.717) is 11.1 Å². The summed E-state index contributed by atoms with van der Waals surface area (Å²) in [7, 11) is -3.10. The smallest absolute Gasteiger partial charge is 0.251 e. The first-order valence-electron chi connectivity index (χ1n) is 6.97. The maximum atomic E-state index is 12.0. The molecule has 0 unspecified atom stereocenters. The largest absolute Gasteiger partial charge is 0.378 e. The lowest BCUT2D eigenvalue weighted by Crippen LogP contribution is -2.29. The molecule has 0 saturated heterocycles. The molecule has 0 bridgehead atoms. The van der Waals surface area contributed by atoms with Crippen LogP contribution in [0.5, 0.6) is 0 Å². The van der Waals surface area contributed by atoms with E-state index in [-0.39, 0.29) is 24.0 Å². The molecule has 0 fully saturated rings. The van der Waals surface area contributed by atoms with Gasteiger partial charge in [0.05, 0.1) is 5.75 Å². The summed E-state index contributed by atoms with van der Waals surface area (Å²) >= 11 is 0. The van der Waals surface area contributed by atoms with E-state index in [0.717, 1.165) is 0 Å². The predicted octanol–water partition coefficient (Wildman–Crippen LogP) is 0.974. The average Bonchev–Trinajstić information content (AvgIpc) is 2.44. The molecule has 0 spiro atoms. The molecule has 0 radical (unpaired) electrons. The van der Waals surface area contributed by atoms with Crippen molar-refractivity contribution in [2.45, 2.75) is 26.4 Å². The zero-order valence-electron chi connectivity index (χ0n) is 13.0. The second-order valence-electron chi connectivity index (χ2n) is 5.38. The Balaban J connectivity index is 2.72. The molecule has 2 N–H and O–H groups in total. The van der Waals surface area contributed by atoms with Gasteiger partial charge in [0.15, 0.2) is 9.84 Å². The number of rotatable bonds is 5. The van der Waals surface area contributed by atoms with Crippen molar-refractivity contribution in [3.8, 4) is 11.8 Å². The Morgan fingerprint density at radius 2 is 2.05 bits per heavy atom. The number of carbonyl (C=O) groups is 1. The van der Waals surface area contributed by atoms with Gasteiger partial charge in [0.25, 0.3) is 5.91 Å². The van der Waals surface area contributed by atoms with Gasteiger partial charge in [0.2, 0.25) is 0 Å². The van der Waals surface area contributed by atoms with Crippen LogP contribution < -0.4 is 5.32 Å². The van der Waals surface area contributed by atoms with Gasteiger partial charge in [-0.3, -0.25) is 4.79 Å². The summed E-state index contributed by atoms with van der Waals surface area (Å²) in [6.45, 7) is 4.80. The van der Waals surface area contributed by atoms with E-state index in [1.54, 1.807) is 45.0 Å². The van der Waals surface area contributed by atoms with E-state index in [1.807, 2.05) is 0 Å². The molecule has 1 aromatic carbocycles. The Labute approximate surface area is 131 Å². The Morgan fingerprint density at radius 3 is 2.64 bits per heavy atom. The molecule has 0 heterocycles. The summed E-state index contributed by atoms with van der Waals surface area (Å²) in [5, 5.41) is 12.1. The first-order valence-corrected chi connectivity index (χ1v) is 8.79. The molecular formula is C16H21NO4S. The third-order valence-corrected chi connectivity index (χ3v) is 4.48. The molecule has 5 nitrogen and oxygen atoms in total. The van der Waals surface area contributed by atoms with E-state index in [9.17, 15) is 18.3 Å². The topological polar surface area (TPSA) is 83.5 Å². The quantitative estimate of drug-likeness (QED) is 0.791. The molecule has 0 aliphatic rings. The lowest BCUT2D eigenvalue weighted by molar-refractivity contribution is 0.0956. The highest BCUT2D eigenvalue weighted by molar-refractivity contribution is 7.91. The van der Waals surface area contributed by atoms with Crippen molar-refractivity contribution in [1.82, 2.24) is 5.32 Å². The van der Waals surface area contributed by atoms with Gasteiger partial charge in [-0.05, 0) is 32.0 Å². The number of hydrogen-bond donors (Lipinski definition) is 2. The van der Waals surface area contributed by atoms with Crippen LogP contribution in [0.25, 0.3) is 0 Å². The zero-order valence-corrected chi connectivity index (χ0v) is 13.8. The molecule has 1 aromatic rings. The molecule has 1 amide bonds. The summed E-state index contributed by atoms with van der Waals surface area (Å²) < 4.78 is 22.7. The van der Waals surface area contributed by atoms with Gasteiger partial charge in [-0.25, -0.2) is 8.42 Å². The van der Waals surface area contributed by atoms with Crippen LogP contribution in [0.1, 0.15) is 36.7 Å². The highest BCUT2D eigenvalue weighted by Gasteiger charge is 2.10. The monoisotopic (exact) mass is 323 g/mol. The van der Waals surface area contributed by atoms with Gasteiger partial charge in [-0.1, -0.05) is 24.8 Å². The second kappa shape index (κ2) is 7.43. The summed E-state index contributed by atoms with van der Waals surface area (Å²) in [5.41, 5.74) is -0.0975. The van der Waals surface area contributed by atoms with Crippen LogP contribution in [0.4, 0.5) is 0 Å². The maximum absolute atomic E-state index is 12.0. The van der Waals surface area contributed by atoms with Crippen molar-refractivity contribution < 1.29 is 18.3 Å². The third-order valence-electron chi connectivity index (χ3n) is 2.78. The van der Waals surface area contributed by atoms with Crippen molar-refractivity contribution in [2.24, 2.45) is 0 Å². The minimum Gasteiger partial charge on any atom is -0.378 e. The van der Waals surface area contributed by atoms with Crippen LogP contribution in [0.3, 0.4) is 0 Å². The fourth-order valence-electron chi connectivity index (χ4n) is 1.53. The van der Waals surface area contributed by atoms with Crippen LogP contribution in [-0.4, -0.2) is 43.1 Å². The molecule has 0 aromatic heterocycles. The summed E-state index contributed by atoms with van der Waals surface area (Å²) in [4.78, 5) is 12.0. The van der Waals surface area contributed by atoms with E-state index >= 15 is 0 Å². The maximum Gasteiger partial charge on any atom is 0.251 e. The molecular weight excluding hydrogens is 302 g/mol. The lowest BCUT2D eigenvalue weighted by Gasteiger charge is -2.07. The molecule has 22 heavy (non-hydrogen) atoms. The van der Waals surface area contributed by atoms with Crippen LogP contribution >= 0.6 is 0 Å². The van der Waals surface area contributed by atoms with Crippen molar-refractivity contribution >= 4 is 15.7 Å². The highest BCUT2D eigenvalue weighted by atomic mass is 32.2. The van der Waals surface area contributed by atoms with E-state index in [2.05, 4.69) is 17.2 Å². The number of hydrogen-bond acceptors (Lipinski definition) is 4. The third kappa shape index (κ3) is 6.74. The minimum absolute atomic E-state index is 0.0604. The number of carbonyl (C=O) groups excluding carboxylic acids is 1. The highest BCUT2D eigenvalue weighted by Crippen LogP contribution is 2.05. The minimum atomic E-state index is -3.10. The zero-order chi connectivity index (χ0) is 16.8. The van der Waals surface area contributed by atoms with Crippen LogP contribution in [-0.2, 0) is 9.84 Å². The van der Waals surface area contributed by atoms with Crippen molar-refractivity contribution in [3.63, 3.8) is 0 Å². The van der Waals surface area contributed by atoms with E-state index in [1.165, 1.54) is 0 Å². The molecule has 6 heteroatoms. The normalized spacial score (nSPS) is 11.5. The fraction of sp³-hybridized carbons (Fsp3) is 0.438. The molecule has 0 aliphatic carbocycles. The standard InChI is InChI=1S/C16H21NO4S/c1-4-22(20,21)11-10-17-15(18)14-7-5-6-13(12-14)8-9-16(2,3)19/h5-7,12,19H,4,10-11H2,1-3H3,(H,17,18). The van der Waals surface area contributed by atoms with Crippen molar-refractivity contribution in [1.29, 1.82) is 0 Å². The van der Waals surface area contributed by atoms with E-state index in [4.69, 9.17) is 0 Å². The SMILES string of the molecule is CCS(=O)(=O)CCNC(=O)c1cccc(C#CC(C)(C)O)c1. The first-order chi connectivity index (χ1) is 10.1. The summed E-state index contributed by atoms with van der Waals surface area (Å²) in [6, 6.07) is 6.64. The molecule has 120 valence electrons. The molecule has 0 atom stereocenters. The Morgan fingerprint density at radius 1 is 1.36 bits per heavy atom. The van der Waals surface area contributed by atoms with Gasteiger partial charge in [0, 0.05) is 23.4 Å². The fourth-order valence-corrected chi connectivity index (χ4v) is 2.23. The molecule has 0 saturated carbocycles. The summed E-state index contributed by atoms with van der Waals surface area (Å²) in [6.07, 6.45) is 0. The van der Waals surface area contributed by atoms with Gasteiger partial charge in [0.1, 0.15) is 5.60 Å². The van der Waals surface area contributed by atoms with Gasteiger partial charge in [-0.2, -0.15) is 0 Å². The predicted molar refractivity (Wildman–Crippen MR) is 86.3 cm³/mol. The molecule has 0 aliphatic heterocycles. The molecule has 1 rings (SSSR count). The Bertz CT molecular complexity index is 691. The Hall–Kier alpha value is -1.84. The van der Waals surface area contributed by atoms with Crippen LogP contribution in [0.15, 0.2) is 24.3 Å². The van der Waals surface area contributed by atoms with Gasteiger partial charge < -0.3 is 10.4 Å². The average molecular weight is 323 g/mol. The summed E-state index contributed by atoms with van der Waals surface area (Å²) in [5.74, 6) is 5.10. The second-order valence-corrected chi connectivity index (χ2v) is 7.85. The number of aliphatic hydroxyl groups is 1. The Kier molecular flexibility index (Phi) is 6.15. The lowest BCUT2D eigenvalue weighted by atomic mass is 10.1. The van der Waals surface area contributed by atoms with Crippen LogP contribution in [0.2, 0.25) is 0 Å². The number of amides is 1.